The molecule has 2 atom stereocenters. The third-order valence-electron chi connectivity index (χ3n) is 8.19. The molecule has 6 rings (SSSR count). The highest BCUT2D eigenvalue weighted by atomic mass is 19.4. The van der Waals surface area contributed by atoms with Gasteiger partial charge in [-0.3, -0.25) is 24.6 Å². The highest BCUT2D eigenvalue weighted by molar-refractivity contribution is 5.98. The second-order valence-electron chi connectivity index (χ2n) is 11.7. The Bertz CT molecular complexity index is 2070. The number of carboxylic acids is 1. The number of alkyl halides is 3. The van der Waals surface area contributed by atoms with E-state index in [9.17, 15) is 32.8 Å². The Morgan fingerprint density at radius 3 is 2.24 bits per heavy atom. The van der Waals surface area contributed by atoms with Crippen LogP contribution in [0.3, 0.4) is 0 Å². The fraction of sp³-hybridized carbons (Fsp3) is 0.222. The largest absolute Gasteiger partial charge is 0.490 e. The topological polar surface area (TPSA) is 171 Å². The zero-order valence-corrected chi connectivity index (χ0v) is 27.1. The Hall–Kier alpha value is -6.09. The van der Waals surface area contributed by atoms with Gasteiger partial charge in [0.15, 0.2) is 0 Å². The molecule has 4 N–H and O–H groups in total. The van der Waals surface area contributed by atoms with Gasteiger partial charge in [-0.2, -0.15) is 13.2 Å². The Kier molecular flexibility index (Phi) is 11.1. The molecule has 3 amide bonds. The first kappa shape index (κ1) is 36.2. The number of hydrogen-bond donors (Lipinski definition) is 4. The van der Waals surface area contributed by atoms with Gasteiger partial charge >= 0.3 is 12.1 Å². The number of fused-ring (bicyclic) bond motifs is 2. The van der Waals surface area contributed by atoms with Gasteiger partial charge in [0.1, 0.15) is 18.1 Å². The molecule has 0 unspecified atom stereocenters. The number of aromatic nitrogens is 2. The molecule has 15 heteroatoms. The normalized spacial score (nSPS) is 15.7. The van der Waals surface area contributed by atoms with E-state index in [1.165, 1.54) is 4.90 Å². The molecule has 3 aromatic carbocycles. The molecule has 0 radical (unpaired) electrons. The molecule has 0 bridgehead atoms. The highest BCUT2D eigenvalue weighted by Crippen LogP contribution is 2.28. The molecule has 0 aliphatic carbocycles. The molecule has 51 heavy (non-hydrogen) atoms. The molecular weight excluding hydrogens is 671 g/mol. The first-order chi connectivity index (χ1) is 24.3. The van der Waals surface area contributed by atoms with E-state index in [4.69, 9.17) is 14.6 Å². The molecule has 1 saturated heterocycles. The van der Waals surface area contributed by atoms with E-state index in [1.54, 1.807) is 35.8 Å². The van der Waals surface area contributed by atoms with Crippen LogP contribution in [0.4, 0.5) is 18.9 Å². The number of hydroxylamine groups is 1. The van der Waals surface area contributed by atoms with Gasteiger partial charge in [0.25, 0.3) is 5.91 Å². The molecule has 5 aromatic rings. The lowest BCUT2D eigenvalue weighted by molar-refractivity contribution is -0.192. The summed E-state index contributed by atoms with van der Waals surface area (Å²) in [6, 6.07) is 27.9. The van der Waals surface area contributed by atoms with Gasteiger partial charge in [-0.25, -0.2) is 15.3 Å². The summed E-state index contributed by atoms with van der Waals surface area (Å²) in [5.74, 6) is -5.26. The van der Waals surface area contributed by atoms with Gasteiger partial charge in [-0.1, -0.05) is 42.5 Å². The van der Waals surface area contributed by atoms with Crippen LogP contribution < -0.4 is 15.5 Å². The number of hydrogen-bond acceptors (Lipinski definition) is 8. The summed E-state index contributed by atoms with van der Waals surface area (Å²) in [4.78, 5) is 58.7. The van der Waals surface area contributed by atoms with Gasteiger partial charge in [-0.05, 0) is 61.9 Å². The van der Waals surface area contributed by atoms with Crippen LogP contribution >= 0.6 is 0 Å². The number of aryl methyl sites for hydroxylation is 1. The van der Waals surface area contributed by atoms with Crippen molar-refractivity contribution in [3.05, 3.63) is 108 Å². The first-order valence-electron chi connectivity index (χ1n) is 15.6. The van der Waals surface area contributed by atoms with E-state index < -0.39 is 29.9 Å². The standard InChI is InChI=1S/C34H31N5O5.C2HF3O2/c1-21-18-23(26-7-3-5-9-30(26)35-21)20-44-25-13-11-24(12-14-25)36-32(40)27-16-17-39(19-28(27)33(41)38-43)34(42)31-15-10-22-6-2-4-8-29(22)37-31;3-2(4,5)1(6)7/h2-15,18,27-28,43H,16-17,19-20H2,1H3,(H,36,40)(H,38,41);(H,6,7)/t27-,28-;/m0./s1. The number of anilines is 1. The van der Waals surface area contributed by atoms with Crippen molar-refractivity contribution in [2.75, 3.05) is 18.4 Å². The van der Waals surface area contributed by atoms with Crippen molar-refractivity contribution in [1.82, 2.24) is 20.3 Å². The van der Waals surface area contributed by atoms with E-state index in [0.29, 0.717) is 23.6 Å². The molecule has 1 aliphatic heterocycles. The molecule has 2 aromatic heterocycles. The number of aliphatic carboxylic acids is 1. The molecule has 3 heterocycles. The lowest BCUT2D eigenvalue weighted by Gasteiger charge is -2.36. The fourth-order valence-electron chi connectivity index (χ4n) is 5.69. The van der Waals surface area contributed by atoms with Crippen molar-refractivity contribution < 1.29 is 47.4 Å². The maximum atomic E-state index is 13.3. The van der Waals surface area contributed by atoms with E-state index in [1.807, 2.05) is 67.6 Å². The lowest BCUT2D eigenvalue weighted by Crippen LogP contribution is -2.52. The second kappa shape index (κ2) is 15.6. The van der Waals surface area contributed by atoms with Crippen LogP contribution in [-0.4, -0.2) is 68.1 Å². The minimum Gasteiger partial charge on any atom is -0.489 e. The van der Waals surface area contributed by atoms with Crippen molar-refractivity contribution in [3.8, 4) is 5.75 Å². The number of para-hydroxylation sites is 2. The SMILES string of the molecule is Cc1cc(COc2ccc(NC(=O)[C@H]3CCN(C(=O)c4ccc5ccccc5n4)C[C@@H]3C(=O)NO)cc2)c2ccccc2n1.O=C(O)C(F)(F)F. The van der Waals surface area contributed by atoms with Gasteiger partial charge in [0.2, 0.25) is 11.8 Å². The molecule has 12 nitrogen and oxygen atoms in total. The quantitative estimate of drug-likeness (QED) is 0.126. The van der Waals surface area contributed by atoms with Crippen LogP contribution in [0, 0.1) is 18.8 Å². The summed E-state index contributed by atoms with van der Waals surface area (Å²) in [6.45, 7) is 2.54. The smallest absolute Gasteiger partial charge is 0.489 e. The van der Waals surface area contributed by atoms with E-state index in [0.717, 1.165) is 27.5 Å². The third kappa shape index (κ3) is 8.93. The van der Waals surface area contributed by atoms with Crippen LogP contribution in [0.2, 0.25) is 0 Å². The zero-order chi connectivity index (χ0) is 36.7. The monoisotopic (exact) mass is 703 g/mol. The first-order valence-corrected chi connectivity index (χ1v) is 15.6. The summed E-state index contributed by atoms with van der Waals surface area (Å²) in [6.07, 6.45) is -4.84. The number of nitrogens with one attached hydrogen (secondary N) is 2. The van der Waals surface area contributed by atoms with Gasteiger partial charge in [-0.15, -0.1) is 0 Å². The number of ether oxygens (including phenoxy) is 1. The summed E-state index contributed by atoms with van der Waals surface area (Å²) >= 11 is 0. The van der Waals surface area contributed by atoms with Crippen molar-refractivity contribution in [2.45, 2.75) is 26.1 Å². The van der Waals surface area contributed by atoms with Crippen LogP contribution in [0.25, 0.3) is 21.8 Å². The molecule has 264 valence electrons. The summed E-state index contributed by atoms with van der Waals surface area (Å²) in [5, 5.41) is 21.3. The number of rotatable bonds is 7. The zero-order valence-electron chi connectivity index (χ0n) is 27.1. The third-order valence-corrected chi connectivity index (χ3v) is 8.19. The summed E-state index contributed by atoms with van der Waals surface area (Å²) < 4.78 is 37.8. The van der Waals surface area contributed by atoms with Crippen LogP contribution in [0.5, 0.6) is 5.75 Å². The van der Waals surface area contributed by atoms with Crippen LogP contribution in [0.1, 0.15) is 28.2 Å². The minimum absolute atomic E-state index is 0.0340. The number of benzene rings is 3. The van der Waals surface area contributed by atoms with Gasteiger partial charge < -0.3 is 20.1 Å². The Balaban J connectivity index is 0.000000654. The van der Waals surface area contributed by atoms with Gasteiger partial charge in [0, 0.05) is 40.8 Å². The van der Waals surface area contributed by atoms with Crippen molar-refractivity contribution in [2.24, 2.45) is 11.8 Å². The molecule has 1 fully saturated rings. The number of nitrogens with zero attached hydrogens (tertiary/aromatic N) is 3. The number of carbonyl (C=O) groups is 4. The number of amides is 3. The molecule has 0 spiro atoms. The summed E-state index contributed by atoms with van der Waals surface area (Å²) in [5.41, 5.74) is 6.00. The van der Waals surface area contributed by atoms with E-state index in [2.05, 4.69) is 15.3 Å². The van der Waals surface area contributed by atoms with Gasteiger partial charge in [0.05, 0.1) is 22.9 Å². The predicted octanol–water partition coefficient (Wildman–Crippen LogP) is 5.53. The minimum atomic E-state index is -5.08. The predicted molar refractivity (Wildman–Crippen MR) is 179 cm³/mol. The average molecular weight is 704 g/mol. The van der Waals surface area contributed by atoms with Crippen molar-refractivity contribution in [3.63, 3.8) is 0 Å². The number of likely N-dealkylation sites (tertiary alicyclic amines) is 1. The van der Waals surface area contributed by atoms with E-state index in [-0.39, 0.29) is 37.0 Å². The lowest BCUT2D eigenvalue weighted by atomic mass is 9.84. The molecular formula is C36H32F3N5O7. The second-order valence-corrected chi connectivity index (χ2v) is 11.7. The average Bonchev–Trinajstić information content (AvgIpc) is 3.13. The molecule has 1 aliphatic rings. The van der Waals surface area contributed by atoms with Crippen molar-refractivity contribution in [1.29, 1.82) is 0 Å². The van der Waals surface area contributed by atoms with Crippen LogP contribution in [0.15, 0.2) is 91.0 Å². The number of carbonyl (C=O) groups excluding carboxylic acids is 3. The van der Waals surface area contributed by atoms with E-state index >= 15 is 0 Å². The highest BCUT2D eigenvalue weighted by Gasteiger charge is 2.40. The molecule has 0 saturated carbocycles. The maximum absolute atomic E-state index is 13.3. The number of piperidine rings is 1. The van der Waals surface area contributed by atoms with Crippen LogP contribution in [-0.2, 0) is 21.0 Å². The Morgan fingerprint density at radius 1 is 0.882 bits per heavy atom. The maximum Gasteiger partial charge on any atom is 0.490 e. The summed E-state index contributed by atoms with van der Waals surface area (Å²) in [7, 11) is 0. The number of carboxylic acid groups (broad SMARTS) is 1. The van der Waals surface area contributed by atoms with Crippen molar-refractivity contribution >= 4 is 51.2 Å². The Labute approximate surface area is 288 Å². The Morgan fingerprint density at radius 2 is 1.55 bits per heavy atom. The number of halogens is 3. The number of pyridine rings is 2. The fourth-order valence-corrected chi connectivity index (χ4v) is 5.69.